The maximum absolute atomic E-state index is 10.5. The molecular weight excluding hydrogens is 284 g/mol. The van der Waals surface area contributed by atoms with Crippen molar-refractivity contribution in [2.75, 3.05) is 19.6 Å². The topological polar surface area (TPSA) is 26.7 Å². The fourth-order valence-corrected chi connectivity index (χ4v) is 4.97. The Morgan fingerprint density at radius 3 is 2.48 bits per heavy atom. The molecule has 23 heavy (non-hydrogen) atoms. The van der Waals surface area contributed by atoms with Gasteiger partial charge in [0.05, 0.1) is 6.10 Å². The summed E-state index contributed by atoms with van der Waals surface area (Å²) in [5.41, 5.74) is 1.40. The Hall–Kier alpha value is -0.900. The van der Waals surface area contributed by atoms with Crippen LogP contribution in [0.5, 0.6) is 0 Å². The largest absolute Gasteiger partial charge is 0.391 e. The molecule has 0 aromatic heterocycles. The Kier molecular flexibility index (Phi) is 4.70. The number of benzene rings is 1. The lowest BCUT2D eigenvalue weighted by Gasteiger charge is -2.54. The van der Waals surface area contributed by atoms with E-state index in [0.717, 1.165) is 32.0 Å². The minimum Gasteiger partial charge on any atom is -0.391 e. The second-order valence-corrected chi connectivity index (χ2v) is 7.90. The van der Waals surface area contributed by atoms with Crippen LogP contribution in [0.1, 0.15) is 44.1 Å². The molecule has 1 aliphatic carbocycles. The molecule has 5 rings (SSSR count). The number of piperidine rings is 2. The van der Waals surface area contributed by atoms with Crippen LogP contribution in [-0.4, -0.2) is 52.7 Å². The Morgan fingerprint density at radius 1 is 0.957 bits per heavy atom. The van der Waals surface area contributed by atoms with Crippen LogP contribution in [0.15, 0.2) is 30.3 Å². The second-order valence-electron chi connectivity index (χ2n) is 7.90. The predicted octanol–water partition coefficient (Wildman–Crippen LogP) is 2.89. The summed E-state index contributed by atoms with van der Waals surface area (Å²) in [6, 6.07) is 11.7. The lowest BCUT2D eigenvalue weighted by Crippen LogP contribution is -2.68. The molecule has 1 aromatic carbocycles. The molecule has 3 aliphatic heterocycles. The molecule has 3 nitrogen and oxygen atoms in total. The fraction of sp³-hybridized carbons (Fsp3) is 0.700. The second kappa shape index (κ2) is 6.92. The van der Waals surface area contributed by atoms with E-state index >= 15 is 0 Å². The first-order valence-electron chi connectivity index (χ1n) is 9.49. The Balaban J connectivity index is 1.39. The van der Waals surface area contributed by atoms with Gasteiger partial charge in [0, 0.05) is 38.3 Å². The van der Waals surface area contributed by atoms with Crippen LogP contribution in [0.4, 0.5) is 0 Å². The van der Waals surface area contributed by atoms with Crippen molar-refractivity contribution in [1.82, 2.24) is 9.80 Å². The van der Waals surface area contributed by atoms with E-state index in [0.29, 0.717) is 12.1 Å². The van der Waals surface area contributed by atoms with E-state index < -0.39 is 0 Å². The summed E-state index contributed by atoms with van der Waals surface area (Å²) in [5.74, 6) is 0.873. The van der Waals surface area contributed by atoms with Crippen molar-refractivity contribution in [1.29, 1.82) is 0 Å². The van der Waals surface area contributed by atoms with E-state index in [1.807, 2.05) is 0 Å². The third-order valence-corrected chi connectivity index (χ3v) is 6.26. The van der Waals surface area contributed by atoms with Crippen LogP contribution >= 0.6 is 0 Å². The summed E-state index contributed by atoms with van der Waals surface area (Å²) < 4.78 is 0. The normalized spacial score (nSPS) is 33.2. The van der Waals surface area contributed by atoms with E-state index in [9.17, 15) is 5.11 Å². The Bertz CT molecular complexity index is 500. The molecule has 4 aliphatic rings. The van der Waals surface area contributed by atoms with E-state index in [1.54, 1.807) is 0 Å². The minimum atomic E-state index is -0.121. The average molecular weight is 314 g/mol. The van der Waals surface area contributed by atoms with E-state index in [1.165, 1.54) is 44.2 Å². The average Bonchev–Trinajstić information content (AvgIpc) is 2.58. The van der Waals surface area contributed by atoms with Gasteiger partial charge in [0.2, 0.25) is 0 Å². The van der Waals surface area contributed by atoms with Crippen molar-refractivity contribution < 1.29 is 5.11 Å². The number of piperazine rings is 1. The highest BCUT2D eigenvalue weighted by atomic mass is 16.3. The van der Waals surface area contributed by atoms with Crippen molar-refractivity contribution in [3.05, 3.63) is 35.9 Å². The van der Waals surface area contributed by atoms with E-state index in [4.69, 9.17) is 0 Å². The molecule has 0 amide bonds. The summed E-state index contributed by atoms with van der Waals surface area (Å²) in [6.45, 7) is 4.45. The lowest BCUT2D eigenvalue weighted by atomic mass is 9.84. The predicted molar refractivity (Wildman–Crippen MR) is 93.2 cm³/mol. The number of hydrogen-bond donors (Lipinski definition) is 1. The van der Waals surface area contributed by atoms with E-state index in [-0.39, 0.29) is 6.10 Å². The van der Waals surface area contributed by atoms with Gasteiger partial charge >= 0.3 is 0 Å². The molecule has 1 aromatic rings. The number of aliphatic hydroxyl groups excluding tert-OH is 1. The van der Waals surface area contributed by atoms with Crippen LogP contribution in [0.3, 0.4) is 0 Å². The summed E-state index contributed by atoms with van der Waals surface area (Å²) in [7, 11) is 0. The monoisotopic (exact) mass is 314 g/mol. The van der Waals surface area contributed by atoms with Crippen molar-refractivity contribution in [3.8, 4) is 0 Å². The number of aliphatic hydroxyl groups is 1. The number of nitrogens with zero attached hydrogens (tertiary/aromatic N) is 2. The van der Waals surface area contributed by atoms with Crippen LogP contribution in [0.25, 0.3) is 0 Å². The minimum absolute atomic E-state index is 0.121. The maximum atomic E-state index is 10.5. The molecule has 3 heterocycles. The zero-order valence-electron chi connectivity index (χ0n) is 14.1. The number of hydrogen-bond acceptors (Lipinski definition) is 3. The highest BCUT2D eigenvalue weighted by Gasteiger charge is 2.44. The molecule has 0 unspecified atom stereocenters. The Morgan fingerprint density at radius 2 is 1.74 bits per heavy atom. The van der Waals surface area contributed by atoms with Gasteiger partial charge in [-0.3, -0.25) is 9.80 Å². The van der Waals surface area contributed by atoms with Gasteiger partial charge in [0.15, 0.2) is 0 Å². The van der Waals surface area contributed by atoms with Gasteiger partial charge in [-0.05, 0) is 30.7 Å². The molecule has 2 bridgehead atoms. The smallest absolute Gasteiger partial charge is 0.0723 e. The zero-order chi connectivity index (χ0) is 15.6. The molecular formula is C20H30N2O. The number of fused-ring (bicyclic) bond motifs is 3. The SMILES string of the molecule is O[C@H]1C[C@@H]2CN(CC3CCCCC3)[C@H]1CN2Cc1ccccc1. The number of rotatable bonds is 4. The van der Waals surface area contributed by atoms with Crippen molar-refractivity contribution in [3.63, 3.8) is 0 Å². The molecule has 0 spiro atoms. The molecule has 3 heteroatoms. The Labute approximate surface area is 140 Å². The highest BCUT2D eigenvalue weighted by Crippen LogP contribution is 2.33. The van der Waals surface area contributed by atoms with Gasteiger partial charge in [-0.15, -0.1) is 0 Å². The first-order chi connectivity index (χ1) is 11.3. The molecule has 0 radical (unpaired) electrons. The van der Waals surface area contributed by atoms with Crippen molar-refractivity contribution >= 4 is 0 Å². The van der Waals surface area contributed by atoms with Crippen LogP contribution in [-0.2, 0) is 6.54 Å². The zero-order valence-corrected chi connectivity index (χ0v) is 14.1. The molecule has 3 saturated heterocycles. The van der Waals surface area contributed by atoms with Crippen molar-refractivity contribution in [2.24, 2.45) is 5.92 Å². The quantitative estimate of drug-likeness (QED) is 0.926. The van der Waals surface area contributed by atoms with Crippen LogP contribution < -0.4 is 0 Å². The summed E-state index contributed by atoms with van der Waals surface area (Å²) in [5, 5.41) is 10.5. The van der Waals surface area contributed by atoms with Gasteiger partial charge in [0.1, 0.15) is 0 Å². The van der Waals surface area contributed by atoms with Crippen LogP contribution in [0, 0.1) is 5.92 Å². The molecule has 3 atom stereocenters. The van der Waals surface area contributed by atoms with Gasteiger partial charge < -0.3 is 5.11 Å². The summed E-state index contributed by atoms with van der Waals surface area (Å²) in [6.07, 6.45) is 7.89. The van der Waals surface area contributed by atoms with Gasteiger partial charge in [-0.1, -0.05) is 49.6 Å². The molecule has 4 fully saturated rings. The molecule has 1 N–H and O–H groups in total. The first kappa shape index (κ1) is 15.6. The lowest BCUT2D eigenvalue weighted by molar-refractivity contribution is -0.102. The summed E-state index contributed by atoms with van der Waals surface area (Å²) >= 11 is 0. The first-order valence-corrected chi connectivity index (χ1v) is 9.49. The van der Waals surface area contributed by atoms with Gasteiger partial charge in [-0.25, -0.2) is 0 Å². The van der Waals surface area contributed by atoms with E-state index in [2.05, 4.69) is 40.1 Å². The molecule has 126 valence electrons. The van der Waals surface area contributed by atoms with Gasteiger partial charge in [0.25, 0.3) is 0 Å². The maximum Gasteiger partial charge on any atom is 0.0723 e. The van der Waals surface area contributed by atoms with Crippen molar-refractivity contribution in [2.45, 2.75) is 63.3 Å². The third-order valence-electron chi connectivity index (χ3n) is 6.26. The van der Waals surface area contributed by atoms with Gasteiger partial charge in [-0.2, -0.15) is 0 Å². The third kappa shape index (κ3) is 3.47. The fourth-order valence-electron chi connectivity index (χ4n) is 4.97. The molecule has 1 saturated carbocycles. The van der Waals surface area contributed by atoms with Crippen LogP contribution in [0.2, 0.25) is 0 Å². The highest BCUT2D eigenvalue weighted by molar-refractivity contribution is 5.15. The summed E-state index contributed by atoms with van der Waals surface area (Å²) in [4.78, 5) is 5.22. The standard InChI is InChI=1S/C20H30N2O/c23-20-11-18-14-22(13-17-9-5-2-6-10-17)19(20)15-21(18)12-16-7-3-1-4-8-16/h1,3-4,7-8,17-20,23H,2,5-6,9-15H2/t18-,19+,20+/m1/s1.